The van der Waals surface area contributed by atoms with Gasteiger partial charge in [-0.15, -0.1) is 0 Å². The summed E-state index contributed by atoms with van der Waals surface area (Å²) in [4.78, 5) is 32.5. The summed E-state index contributed by atoms with van der Waals surface area (Å²) in [6, 6.07) is 12.0. The smallest absolute Gasteiger partial charge is 0.256 e. The van der Waals surface area contributed by atoms with Gasteiger partial charge in [-0.05, 0) is 50.3 Å². The van der Waals surface area contributed by atoms with Gasteiger partial charge in [-0.2, -0.15) is 0 Å². The fourth-order valence-electron chi connectivity index (χ4n) is 4.89. The molecule has 2 aromatic rings. The van der Waals surface area contributed by atoms with Crippen molar-refractivity contribution in [2.45, 2.75) is 64.3 Å². The molecular weight excluding hydrogens is 386 g/mol. The molecule has 1 saturated carbocycles. The summed E-state index contributed by atoms with van der Waals surface area (Å²) in [7, 11) is 0. The molecule has 5 nitrogen and oxygen atoms in total. The lowest BCUT2D eigenvalue weighted by Gasteiger charge is -2.32. The predicted octanol–water partition coefficient (Wildman–Crippen LogP) is 4.75. The quantitative estimate of drug-likeness (QED) is 0.728. The van der Waals surface area contributed by atoms with Crippen LogP contribution in [0.15, 0.2) is 42.6 Å². The molecule has 0 unspecified atom stereocenters. The van der Waals surface area contributed by atoms with E-state index in [1.165, 1.54) is 25.7 Å². The van der Waals surface area contributed by atoms with Crippen LogP contribution >= 0.6 is 0 Å². The monoisotopic (exact) mass is 419 g/mol. The lowest BCUT2D eigenvalue weighted by atomic mass is 9.94. The summed E-state index contributed by atoms with van der Waals surface area (Å²) in [5.74, 6) is 0.201. The predicted molar refractivity (Wildman–Crippen MR) is 123 cm³/mol. The first-order valence-electron chi connectivity index (χ1n) is 11.7. The van der Waals surface area contributed by atoms with E-state index < -0.39 is 0 Å². The van der Waals surface area contributed by atoms with E-state index in [2.05, 4.69) is 10.3 Å². The first-order valence-corrected chi connectivity index (χ1v) is 11.7. The summed E-state index contributed by atoms with van der Waals surface area (Å²) in [6.45, 7) is 3.27. The maximum atomic E-state index is 13.3. The third-order valence-electron chi connectivity index (χ3n) is 6.79. The Morgan fingerprint density at radius 1 is 0.935 bits per heavy atom. The number of carbonyl (C=O) groups excluding carboxylic acids is 2. The van der Waals surface area contributed by atoms with E-state index >= 15 is 0 Å². The second-order valence-corrected chi connectivity index (χ2v) is 8.98. The number of aryl methyl sites for hydroxylation is 1. The molecule has 4 rings (SSSR count). The molecule has 0 spiro atoms. The van der Waals surface area contributed by atoms with Crippen LogP contribution in [0.2, 0.25) is 0 Å². The number of likely N-dealkylation sites (tertiary alicyclic amines) is 1. The summed E-state index contributed by atoms with van der Waals surface area (Å²) < 4.78 is 0. The molecule has 1 aromatic carbocycles. The van der Waals surface area contributed by atoms with Gasteiger partial charge in [0.2, 0.25) is 5.91 Å². The first kappa shape index (κ1) is 21.5. The van der Waals surface area contributed by atoms with Crippen LogP contribution in [0.1, 0.15) is 67.3 Å². The van der Waals surface area contributed by atoms with E-state index in [0.717, 1.165) is 42.5 Å². The molecule has 0 bridgehead atoms. The second-order valence-electron chi connectivity index (χ2n) is 8.98. The van der Waals surface area contributed by atoms with Crippen molar-refractivity contribution in [3.05, 3.63) is 53.7 Å². The Morgan fingerprint density at radius 3 is 2.35 bits per heavy atom. The molecule has 0 radical (unpaired) electrons. The minimum atomic E-state index is 0.00831. The molecule has 1 saturated heterocycles. The van der Waals surface area contributed by atoms with Gasteiger partial charge < -0.3 is 10.2 Å². The second kappa shape index (κ2) is 10.1. The molecule has 1 aromatic heterocycles. The third kappa shape index (κ3) is 5.15. The summed E-state index contributed by atoms with van der Waals surface area (Å²) in [6.07, 6.45) is 10.4. The number of nitrogens with zero attached hydrogens (tertiary/aromatic N) is 2. The van der Waals surface area contributed by atoms with Gasteiger partial charge in [0.05, 0.1) is 11.3 Å². The van der Waals surface area contributed by atoms with E-state index in [1.54, 1.807) is 6.20 Å². The Bertz CT molecular complexity index is 910. The van der Waals surface area contributed by atoms with Gasteiger partial charge in [0.1, 0.15) is 0 Å². The van der Waals surface area contributed by atoms with Crippen LogP contribution < -0.4 is 5.32 Å². The molecule has 2 amide bonds. The Morgan fingerprint density at radius 2 is 1.65 bits per heavy atom. The Balaban J connectivity index is 1.39. The van der Waals surface area contributed by atoms with Crippen LogP contribution in [0, 0.1) is 12.8 Å². The molecule has 2 heterocycles. The molecule has 2 fully saturated rings. The SMILES string of the molecule is Cc1ccccc1-c1ncccc1C(=O)N1CCC(C(=O)NC2CCCCCC2)CC1. The number of carbonyl (C=O) groups is 2. The maximum Gasteiger partial charge on any atom is 0.256 e. The summed E-state index contributed by atoms with van der Waals surface area (Å²) >= 11 is 0. The number of hydrogen-bond acceptors (Lipinski definition) is 3. The number of amides is 2. The topological polar surface area (TPSA) is 62.3 Å². The first-order chi connectivity index (χ1) is 15.1. The maximum absolute atomic E-state index is 13.3. The van der Waals surface area contributed by atoms with Crippen LogP contribution in [-0.2, 0) is 4.79 Å². The highest BCUT2D eigenvalue weighted by atomic mass is 16.2. The number of rotatable bonds is 4. The zero-order valence-corrected chi connectivity index (χ0v) is 18.5. The number of aromatic nitrogens is 1. The van der Waals surface area contributed by atoms with Crippen LogP contribution in [-0.4, -0.2) is 40.8 Å². The van der Waals surface area contributed by atoms with Crippen molar-refractivity contribution in [3.63, 3.8) is 0 Å². The minimum absolute atomic E-state index is 0.00831. The van der Waals surface area contributed by atoms with Crippen LogP contribution in [0.4, 0.5) is 0 Å². The average molecular weight is 420 g/mol. The van der Waals surface area contributed by atoms with Crippen molar-refractivity contribution in [1.82, 2.24) is 15.2 Å². The Hall–Kier alpha value is -2.69. The van der Waals surface area contributed by atoms with Gasteiger partial charge in [0.25, 0.3) is 5.91 Å². The molecule has 164 valence electrons. The van der Waals surface area contributed by atoms with Gasteiger partial charge in [0.15, 0.2) is 0 Å². The van der Waals surface area contributed by atoms with Gasteiger partial charge in [-0.3, -0.25) is 14.6 Å². The minimum Gasteiger partial charge on any atom is -0.353 e. The normalized spacial score (nSPS) is 18.4. The van der Waals surface area contributed by atoms with Crippen molar-refractivity contribution in [2.75, 3.05) is 13.1 Å². The van der Waals surface area contributed by atoms with E-state index in [4.69, 9.17) is 0 Å². The van der Waals surface area contributed by atoms with E-state index in [1.807, 2.05) is 48.2 Å². The van der Waals surface area contributed by atoms with Crippen molar-refractivity contribution in [1.29, 1.82) is 0 Å². The number of nitrogens with one attached hydrogen (secondary N) is 1. The Labute approximate surface area is 185 Å². The highest BCUT2D eigenvalue weighted by molar-refractivity contribution is 6.00. The molecule has 5 heteroatoms. The van der Waals surface area contributed by atoms with Crippen LogP contribution in [0.25, 0.3) is 11.3 Å². The van der Waals surface area contributed by atoms with Gasteiger partial charge in [-0.25, -0.2) is 0 Å². The van der Waals surface area contributed by atoms with Crippen LogP contribution in [0.5, 0.6) is 0 Å². The number of pyridine rings is 1. The summed E-state index contributed by atoms with van der Waals surface area (Å²) in [5.41, 5.74) is 3.46. The van der Waals surface area contributed by atoms with Gasteiger partial charge >= 0.3 is 0 Å². The number of hydrogen-bond donors (Lipinski definition) is 1. The zero-order chi connectivity index (χ0) is 21.6. The van der Waals surface area contributed by atoms with E-state index in [0.29, 0.717) is 24.7 Å². The Kier molecular flexibility index (Phi) is 7.00. The van der Waals surface area contributed by atoms with Crippen molar-refractivity contribution < 1.29 is 9.59 Å². The molecule has 1 N–H and O–H groups in total. The molecular formula is C26H33N3O2. The van der Waals surface area contributed by atoms with Crippen molar-refractivity contribution in [3.8, 4) is 11.3 Å². The highest BCUT2D eigenvalue weighted by Crippen LogP contribution is 2.27. The number of piperidine rings is 1. The lowest BCUT2D eigenvalue weighted by Crippen LogP contribution is -2.45. The standard InChI is InChI=1S/C26H33N3O2/c1-19-9-6-7-12-22(19)24-23(13-8-16-27-24)26(31)29-17-14-20(15-18-29)25(30)28-21-10-4-2-3-5-11-21/h6-9,12-13,16,20-21H,2-5,10-11,14-15,17-18H2,1H3,(H,28,30). The molecule has 2 aliphatic rings. The van der Waals surface area contributed by atoms with Gasteiger partial charge in [-0.1, -0.05) is 49.9 Å². The van der Waals surface area contributed by atoms with Gasteiger partial charge in [0, 0.05) is 36.8 Å². The molecule has 1 aliphatic heterocycles. The highest BCUT2D eigenvalue weighted by Gasteiger charge is 2.30. The third-order valence-corrected chi connectivity index (χ3v) is 6.79. The van der Waals surface area contributed by atoms with E-state index in [9.17, 15) is 9.59 Å². The fourth-order valence-corrected chi connectivity index (χ4v) is 4.89. The van der Waals surface area contributed by atoms with Crippen molar-refractivity contribution in [2.24, 2.45) is 5.92 Å². The zero-order valence-electron chi connectivity index (χ0n) is 18.5. The van der Waals surface area contributed by atoms with Crippen molar-refractivity contribution >= 4 is 11.8 Å². The summed E-state index contributed by atoms with van der Waals surface area (Å²) in [5, 5.41) is 3.29. The molecule has 0 atom stereocenters. The van der Waals surface area contributed by atoms with E-state index in [-0.39, 0.29) is 17.7 Å². The molecule has 1 aliphatic carbocycles. The number of benzene rings is 1. The average Bonchev–Trinajstić information content (AvgIpc) is 3.08. The lowest BCUT2D eigenvalue weighted by molar-refractivity contribution is -0.127. The largest absolute Gasteiger partial charge is 0.353 e. The molecule has 31 heavy (non-hydrogen) atoms. The fraction of sp³-hybridized carbons (Fsp3) is 0.500. The van der Waals surface area contributed by atoms with Crippen LogP contribution in [0.3, 0.4) is 0 Å².